The first-order valence-corrected chi connectivity index (χ1v) is 25.3. The Hall–Kier alpha value is -7.78. The molecule has 0 amide bonds. The van der Waals surface area contributed by atoms with Gasteiger partial charge in [-0.25, -0.2) is 4.98 Å². The Labute approximate surface area is 487 Å². The van der Waals surface area contributed by atoms with E-state index in [-0.39, 0.29) is 40.2 Å². The van der Waals surface area contributed by atoms with E-state index in [9.17, 15) is 0 Å². The zero-order chi connectivity index (χ0) is 53.5. The van der Waals surface area contributed by atoms with Gasteiger partial charge >= 0.3 is 0 Å². The third kappa shape index (κ3) is 15.7. The topological polar surface area (TPSA) is 102 Å². The minimum atomic E-state index is 0. The molecule has 8 aromatic carbocycles. The van der Waals surface area contributed by atoms with E-state index in [2.05, 4.69) is 180 Å². The summed E-state index contributed by atoms with van der Waals surface area (Å²) in [5.41, 5.74) is 15.5. The number of hydrogen-bond acceptors (Lipinski definition) is 6. The fraction of sp³-hybridized carbons (Fsp3) is 0.118. The summed E-state index contributed by atoms with van der Waals surface area (Å²) in [6.45, 7) is 8.93. The van der Waals surface area contributed by atoms with Crippen molar-refractivity contribution in [2.45, 2.75) is 39.5 Å². The van der Waals surface area contributed by atoms with Crippen LogP contribution in [0.3, 0.4) is 0 Å². The fourth-order valence-electron chi connectivity index (χ4n) is 8.54. The van der Waals surface area contributed by atoms with E-state index in [0.717, 1.165) is 81.6 Å². The molecule has 0 aliphatic carbocycles. The van der Waals surface area contributed by atoms with Crippen LogP contribution in [0, 0.1) is 18.2 Å². The molecular formula is C68H63Ir2N6O2-3. The van der Waals surface area contributed by atoms with E-state index in [1.165, 1.54) is 22.5 Å². The minimum absolute atomic E-state index is 0. The maximum absolute atomic E-state index is 7.00. The molecule has 78 heavy (non-hydrogen) atoms. The van der Waals surface area contributed by atoms with Crippen LogP contribution in [0.2, 0.25) is 0 Å². The van der Waals surface area contributed by atoms with E-state index in [1.807, 2.05) is 121 Å². The van der Waals surface area contributed by atoms with Crippen LogP contribution in [-0.4, -0.2) is 53.5 Å². The molecule has 0 saturated carbocycles. The van der Waals surface area contributed by atoms with E-state index in [4.69, 9.17) is 20.2 Å². The molecular weight excluding hydrogens is 1320 g/mol. The summed E-state index contributed by atoms with van der Waals surface area (Å²) < 4.78 is 4.55. The molecule has 8 nitrogen and oxygen atoms in total. The van der Waals surface area contributed by atoms with Crippen molar-refractivity contribution < 1.29 is 50.4 Å². The molecule has 4 aromatic heterocycles. The molecule has 0 bridgehead atoms. The second-order valence-corrected chi connectivity index (χ2v) is 17.6. The summed E-state index contributed by atoms with van der Waals surface area (Å²) in [5.74, 6) is 2.82. The number of pyridine rings is 2. The summed E-state index contributed by atoms with van der Waals surface area (Å²) in [5, 5.41) is 14.0. The largest absolute Gasteiger partial charge is 0.400 e. The van der Waals surface area contributed by atoms with E-state index in [0.29, 0.717) is 11.8 Å². The van der Waals surface area contributed by atoms with Gasteiger partial charge in [0.15, 0.2) is 0 Å². The Balaban J connectivity index is 0.000000194. The molecule has 0 fully saturated rings. The Morgan fingerprint density at radius 3 is 1.13 bits per heavy atom. The number of benzene rings is 8. The quantitative estimate of drug-likeness (QED) is 0.147. The molecule has 2 N–H and O–H groups in total. The minimum Gasteiger partial charge on any atom is -0.400 e. The number of para-hydroxylation sites is 6. The van der Waals surface area contributed by atoms with Gasteiger partial charge in [0, 0.05) is 78.1 Å². The van der Waals surface area contributed by atoms with E-state index in [1.54, 1.807) is 12.4 Å². The van der Waals surface area contributed by atoms with E-state index >= 15 is 0 Å². The molecule has 0 atom stereocenters. The summed E-state index contributed by atoms with van der Waals surface area (Å²) in [4.78, 5) is 18.2. The van der Waals surface area contributed by atoms with Crippen molar-refractivity contribution in [2.24, 2.45) is 0 Å². The maximum Gasteiger partial charge on any atom is 0.145 e. The molecule has 10 heteroatoms. The van der Waals surface area contributed by atoms with Gasteiger partial charge in [-0.05, 0) is 82.9 Å². The van der Waals surface area contributed by atoms with Crippen molar-refractivity contribution in [3.8, 4) is 56.7 Å². The first-order chi connectivity index (χ1) is 37.4. The predicted molar refractivity (Wildman–Crippen MR) is 313 cm³/mol. The van der Waals surface area contributed by atoms with Crippen LogP contribution in [0.5, 0.6) is 0 Å². The van der Waals surface area contributed by atoms with Crippen molar-refractivity contribution in [1.29, 1.82) is 0 Å². The Morgan fingerprint density at radius 1 is 0.359 bits per heavy atom. The van der Waals surface area contributed by atoms with Crippen LogP contribution in [0.25, 0.3) is 78.7 Å². The predicted octanol–water partition coefficient (Wildman–Crippen LogP) is 15.7. The van der Waals surface area contributed by atoms with Crippen LogP contribution in [0.4, 0.5) is 0 Å². The average Bonchev–Trinajstić information content (AvgIpc) is 4.16. The number of aliphatic hydroxyl groups excluding tert-OH is 2. The first-order valence-electron chi connectivity index (χ1n) is 25.3. The van der Waals surface area contributed by atoms with Crippen LogP contribution < -0.4 is 0 Å². The van der Waals surface area contributed by atoms with Crippen LogP contribution >= 0.6 is 0 Å². The van der Waals surface area contributed by atoms with Gasteiger partial charge < -0.3 is 24.7 Å². The molecule has 2 radical (unpaired) electrons. The number of imidazole rings is 2. The van der Waals surface area contributed by atoms with Crippen LogP contribution in [-0.2, 0) is 40.2 Å². The van der Waals surface area contributed by atoms with Gasteiger partial charge in [0.05, 0.1) is 33.6 Å². The normalized spacial score (nSPS) is 10.1. The third-order valence-corrected chi connectivity index (χ3v) is 12.0. The molecule has 398 valence electrons. The van der Waals surface area contributed by atoms with Gasteiger partial charge in [0.2, 0.25) is 0 Å². The second kappa shape index (κ2) is 32.1. The van der Waals surface area contributed by atoms with Gasteiger partial charge in [-0.3, -0.25) is 9.55 Å². The number of fused-ring (bicyclic) bond motifs is 2. The molecule has 0 aliphatic rings. The molecule has 12 rings (SSSR count). The fourth-order valence-corrected chi connectivity index (χ4v) is 8.54. The molecule has 0 spiro atoms. The smallest absolute Gasteiger partial charge is 0.145 e. The summed E-state index contributed by atoms with van der Waals surface area (Å²) in [6.07, 6.45) is 3.58. The van der Waals surface area contributed by atoms with Gasteiger partial charge in [0.1, 0.15) is 5.82 Å². The zero-order valence-electron chi connectivity index (χ0n) is 44.6. The summed E-state index contributed by atoms with van der Waals surface area (Å²) >= 11 is 0. The van der Waals surface area contributed by atoms with Crippen molar-refractivity contribution in [1.82, 2.24) is 29.1 Å². The SMILES string of the molecule is CC(C)c1ccccc1-n1c(-c2[c-]cccc2)nc2ccccc21.CC(C)c1ccccc1-n1c(-c2ccccc2)nc2ccccc21.CO.CO.[Ir].[Ir].[c-]1ccccc1-c1ccccn1.[c-]1ccccc1-c1ccccn1. The second-order valence-electron chi connectivity index (χ2n) is 17.6. The monoisotopic (exact) mass is 1380 g/mol. The Bertz CT molecular complexity index is 3260. The van der Waals surface area contributed by atoms with Gasteiger partial charge in [0.25, 0.3) is 0 Å². The van der Waals surface area contributed by atoms with Gasteiger partial charge in [-0.15, -0.1) is 108 Å². The average molecular weight is 1380 g/mol. The first kappa shape index (κ1) is 61.1. The Kier molecular flexibility index (Phi) is 25.1. The summed E-state index contributed by atoms with van der Waals surface area (Å²) in [6, 6.07) is 89.2. The van der Waals surface area contributed by atoms with Gasteiger partial charge in [-0.2, -0.15) is 0 Å². The third-order valence-electron chi connectivity index (χ3n) is 12.0. The number of hydrogen-bond donors (Lipinski definition) is 2. The molecule has 12 aromatic rings. The van der Waals surface area contributed by atoms with Gasteiger partial charge in [-0.1, -0.05) is 143 Å². The Morgan fingerprint density at radius 2 is 0.718 bits per heavy atom. The maximum atomic E-state index is 7.00. The number of rotatable bonds is 8. The van der Waals surface area contributed by atoms with Crippen LogP contribution in [0.1, 0.15) is 50.7 Å². The van der Waals surface area contributed by atoms with E-state index < -0.39 is 0 Å². The zero-order valence-corrected chi connectivity index (χ0v) is 49.4. The number of aliphatic hydroxyl groups is 2. The van der Waals surface area contributed by atoms with Crippen molar-refractivity contribution in [3.05, 3.63) is 278 Å². The van der Waals surface area contributed by atoms with Crippen molar-refractivity contribution >= 4 is 22.1 Å². The standard InChI is InChI=1S/C22H20N2.C22H19N2.2C11H8N.2CH4O.2Ir/c2*1-16(2)18-12-6-8-14-20(18)24-21-15-9-7-13-19(21)23-22(24)17-10-4-3-5-11-17;2*1-2-6-10(7-3-1)11-8-4-5-9-12-11;2*1-2;;/h3-16H,1-2H3;3-10,12-16H,1-2H3;2*1-6,8-9H;2*2H,1H3;;/q;3*-1;;;;. The summed E-state index contributed by atoms with van der Waals surface area (Å²) in [7, 11) is 2.00. The number of nitrogens with zero attached hydrogens (tertiary/aromatic N) is 6. The molecule has 0 saturated heterocycles. The van der Waals surface area contributed by atoms with Crippen molar-refractivity contribution in [3.63, 3.8) is 0 Å². The molecule has 0 aliphatic heterocycles. The van der Waals surface area contributed by atoms with Crippen LogP contribution in [0.15, 0.2) is 249 Å². The molecule has 0 unspecified atom stereocenters. The number of aromatic nitrogens is 6. The van der Waals surface area contributed by atoms with Crippen molar-refractivity contribution in [2.75, 3.05) is 14.2 Å². The molecule has 4 heterocycles.